The van der Waals surface area contributed by atoms with Gasteiger partial charge in [-0.1, -0.05) is 19.9 Å². The SMILES string of the molecule is Cc1ccc(S(=O)(=O)N2CCOCC2)cc1C(=O)NC(=S)N1C[C@H](C)C[C@H](C)C1. The number of benzene rings is 1. The first-order valence-electron chi connectivity index (χ1n) is 9.97. The Bertz CT molecular complexity index is 872. The molecule has 2 fully saturated rings. The first-order valence-corrected chi connectivity index (χ1v) is 11.8. The van der Waals surface area contributed by atoms with Gasteiger partial charge in [-0.2, -0.15) is 4.31 Å². The number of amides is 1. The molecule has 0 unspecified atom stereocenters. The Morgan fingerprint density at radius 3 is 2.41 bits per heavy atom. The third kappa shape index (κ3) is 5.14. The van der Waals surface area contributed by atoms with Crippen LogP contribution in [0.4, 0.5) is 0 Å². The highest BCUT2D eigenvalue weighted by Gasteiger charge is 2.28. The Morgan fingerprint density at radius 2 is 1.79 bits per heavy atom. The van der Waals surface area contributed by atoms with E-state index in [9.17, 15) is 13.2 Å². The third-order valence-electron chi connectivity index (χ3n) is 5.44. The topological polar surface area (TPSA) is 78.9 Å². The quantitative estimate of drug-likeness (QED) is 0.726. The highest BCUT2D eigenvalue weighted by Crippen LogP contribution is 2.22. The van der Waals surface area contributed by atoms with Crippen molar-refractivity contribution in [2.45, 2.75) is 32.1 Å². The molecule has 3 rings (SSSR count). The van der Waals surface area contributed by atoms with E-state index in [0.717, 1.165) is 19.5 Å². The van der Waals surface area contributed by atoms with Gasteiger partial charge in [0.05, 0.1) is 18.1 Å². The van der Waals surface area contributed by atoms with Crippen LogP contribution in [0, 0.1) is 18.8 Å². The number of ether oxygens (including phenoxy) is 1. The minimum absolute atomic E-state index is 0.112. The number of rotatable bonds is 3. The van der Waals surface area contributed by atoms with Crippen LogP contribution in [0.5, 0.6) is 0 Å². The van der Waals surface area contributed by atoms with Gasteiger partial charge in [0.25, 0.3) is 5.91 Å². The molecule has 1 aromatic carbocycles. The van der Waals surface area contributed by atoms with E-state index in [1.807, 2.05) is 4.90 Å². The Hall–Kier alpha value is -1.55. The summed E-state index contributed by atoms with van der Waals surface area (Å²) in [5, 5.41) is 3.19. The molecule has 1 amide bonds. The van der Waals surface area contributed by atoms with Crippen molar-refractivity contribution in [3.63, 3.8) is 0 Å². The highest BCUT2D eigenvalue weighted by atomic mass is 32.2. The normalized spacial score (nSPS) is 23.6. The number of nitrogens with zero attached hydrogens (tertiary/aromatic N) is 2. The molecule has 0 saturated carbocycles. The maximum Gasteiger partial charge on any atom is 0.257 e. The lowest BCUT2D eigenvalue weighted by Crippen LogP contribution is -2.49. The van der Waals surface area contributed by atoms with E-state index >= 15 is 0 Å². The van der Waals surface area contributed by atoms with Crippen LogP contribution in [-0.4, -0.2) is 68.0 Å². The number of morpholine rings is 1. The molecule has 29 heavy (non-hydrogen) atoms. The number of carbonyl (C=O) groups is 1. The fourth-order valence-corrected chi connectivity index (χ4v) is 5.69. The maximum absolute atomic E-state index is 12.9. The van der Waals surface area contributed by atoms with Gasteiger partial charge < -0.3 is 9.64 Å². The Kier molecular flexibility index (Phi) is 6.93. The van der Waals surface area contributed by atoms with Gasteiger partial charge in [-0.15, -0.1) is 0 Å². The number of piperidine rings is 1. The zero-order chi connectivity index (χ0) is 21.2. The first-order chi connectivity index (χ1) is 13.7. The van der Waals surface area contributed by atoms with E-state index in [-0.39, 0.29) is 10.8 Å². The van der Waals surface area contributed by atoms with Gasteiger partial charge in [0, 0.05) is 31.7 Å². The smallest absolute Gasteiger partial charge is 0.257 e. The van der Waals surface area contributed by atoms with Crippen LogP contribution < -0.4 is 5.32 Å². The number of thiocarbonyl (C=S) groups is 1. The Balaban J connectivity index is 1.77. The van der Waals surface area contributed by atoms with Crippen LogP contribution in [0.25, 0.3) is 0 Å². The molecule has 0 radical (unpaired) electrons. The average molecular weight is 440 g/mol. The van der Waals surface area contributed by atoms with Crippen molar-refractivity contribution in [1.29, 1.82) is 0 Å². The van der Waals surface area contributed by atoms with Crippen molar-refractivity contribution in [2.75, 3.05) is 39.4 Å². The molecule has 0 aromatic heterocycles. The molecule has 7 nitrogen and oxygen atoms in total. The van der Waals surface area contributed by atoms with Gasteiger partial charge in [0.2, 0.25) is 10.0 Å². The van der Waals surface area contributed by atoms with Gasteiger partial charge >= 0.3 is 0 Å². The summed E-state index contributed by atoms with van der Waals surface area (Å²) in [6, 6.07) is 4.65. The number of sulfonamides is 1. The van der Waals surface area contributed by atoms with Gasteiger partial charge in [0.15, 0.2) is 5.11 Å². The second-order valence-electron chi connectivity index (χ2n) is 8.10. The molecule has 0 bridgehead atoms. The lowest BCUT2D eigenvalue weighted by atomic mass is 9.92. The van der Waals surface area contributed by atoms with Gasteiger partial charge in [-0.05, 0) is 55.1 Å². The van der Waals surface area contributed by atoms with Crippen molar-refractivity contribution >= 4 is 33.3 Å². The van der Waals surface area contributed by atoms with Gasteiger partial charge in [0.1, 0.15) is 0 Å². The molecule has 2 saturated heterocycles. The highest BCUT2D eigenvalue weighted by molar-refractivity contribution is 7.89. The zero-order valence-corrected chi connectivity index (χ0v) is 18.8. The van der Waals surface area contributed by atoms with Gasteiger partial charge in [-0.25, -0.2) is 8.42 Å². The Labute approximate surface area is 178 Å². The average Bonchev–Trinajstić information content (AvgIpc) is 2.68. The lowest BCUT2D eigenvalue weighted by molar-refractivity contribution is 0.0730. The summed E-state index contributed by atoms with van der Waals surface area (Å²) in [7, 11) is -3.67. The molecular weight excluding hydrogens is 410 g/mol. The summed E-state index contributed by atoms with van der Waals surface area (Å²) in [4.78, 5) is 15.0. The number of likely N-dealkylation sites (tertiary alicyclic amines) is 1. The van der Waals surface area contributed by atoms with Crippen molar-refractivity contribution in [3.8, 4) is 0 Å². The molecular formula is C20H29N3O4S2. The predicted molar refractivity (Wildman–Crippen MR) is 115 cm³/mol. The minimum atomic E-state index is -3.67. The molecule has 1 N–H and O–H groups in total. The molecule has 1 aromatic rings. The summed E-state index contributed by atoms with van der Waals surface area (Å²) in [5.41, 5.74) is 1.02. The number of carbonyl (C=O) groups excluding carboxylic acids is 1. The Morgan fingerprint density at radius 1 is 1.17 bits per heavy atom. The summed E-state index contributed by atoms with van der Waals surface area (Å²) >= 11 is 5.46. The number of aryl methyl sites for hydroxylation is 1. The number of hydrogen-bond donors (Lipinski definition) is 1. The molecule has 2 heterocycles. The molecule has 160 valence electrons. The summed E-state index contributed by atoms with van der Waals surface area (Å²) in [5.74, 6) is 0.645. The van der Waals surface area contributed by atoms with E-state index < -0.39 is 10.0 Å². The van der Waals surface area contributed by atoms with Crippen molar-refractivity contribution in [3.05, 3.63) is 29.3 Å². The van der Waals surface area contributed by atoms with E-state index in [1.165, 1.54) is 10.4 Å². The van der Waals surface area contributed by atoms with Crippen LogP contribution in [0.2, 0.25) is 0 Å². The molecule has 2 atom stereocenters. The molecule has 2 aliphatic heterocycles. The molecule has 9 heteroatoms. The lowest BCUT2D eigenvalue weighted by Gasteiger charge is -2.36. The van der Waals surface area contributed by atoms with Crippen molar-refractivity contribution in [2.24, 2.45) is 11.8 Å². The van der Waals surface area contributed by atoms with Crippen LogP contribution in [0.1, 0.15) is 36.2 Å². The fraction of sp³-hybridized carbons (Fsp3) is 0.600. The van der Waals surface area contributed by atoms with E-state index in [1.54, 1.807) is 19.1 Å². The molecule has 0 spiro atoms. The predicted octanol–water partition coefficient (Wildman–Crippen LogP) is 2.01. The molecule has 0 aliphatic carbocycles. The first kappa shape index (κ1) is 22.1. The monoisotopic (exact) mass is 439 g/mol. The van der Waals surface area contributed by atoms with Crippen molar-refractivity contribution in [1.82, 2.24) is 14.5 Å². The zero-order valence-electron chi connectivity index (χ0n) is 17.2. The van der Waals surface area contributed by atoms with Crippen LogP contribution in [0.15, 0.2) is 23.1 Å². The standard InChI is InChI=1S/C20H29N3O4S2/c1-14-10-15(2)13-22(12-14)20(28)21-19(24)18-11-17(5-4-16(18)3)29(25,26)23-6-8-27-9-7-23/h4-5,11,14-15H,6-10,12-13H2,1-3H3,(H,21,24,28)/t14-,15+. The minimum Gasteiger partial charge on any atom is -0.379 e. The van der Waals surface area contributed by atoms with Gasteiger partial charge in [-0.3, -0.25) is 10.1 Å². The third-order valence-corrected chi connectivity index (χ3v) is 7.69. The summed E-state index contributed by atoms with van der Waals surface area (Å²) in [6.45, 7) is 9.14. The maximum atomic E-state index is 12.9. The number of nitrogens with one attached hydrogen (secondary N) is 1. The summed E-state index contributed by atoms with van der Waals surface area (Å²) < 4.78 is 32.5. The largest absolute Gasteiger partial charge is 0.379 e. The van der Waals surface area contributed by atoms with E-state index in [0.29, 0.717) is 54.4 Å². The second-order valence-corrected chi connectivity index (χ2v) is 10.4. The number of hydrogen-bond acceptors (Lipinski definition) is 5. The van der Waals surface area contributed by atoms with Crippen LogP contribution >= 0.6 is 12.2 Å². The van der Waals surface area contributed by atoms with E-state index in [2.05, 4.69) is 19.2 Å². The van der Waals surface area contributed by atoms with Crippen LogP contribution in [0.3, 0.4) is 0 Å². The summed E-state index contributed by atoms with van der Waals surface area (Å²) in [6.07, 6.45) is 1.15. The van der Waals surface area contributed by atoms with Crippen LogP contribution in [-0.2, 0) is 14.8 Å². The molecule has 2 aliphatic rings. The fourth-order valence-electron chi connectivity index (χ4n) is 4.01. The van der Waals surface area contributed by atoms with Crippen molar-refractivity contribution < 1.29 is 17.9 Å². The van der Waals surface area contributed by atoms with E-state index in [4.69, 9.17) is 17.0 Å². The second kappa shape index (κ2) is 9.07.